The van der Waals surface area contributed by atoms with Gasteiger partial charge < -0.3 is 0 Å². The van der Waals surface area contributed by atoms with Gasteiger partial charge in [0, 0.05) is 11.8 Å². The maximum Gasteiger partial charge on any atom is 0.138 e. The molecule has 0 aliphatic carbocycles. The van der Waals surface area contributed by atoms with E-state index in [1.54, 1.807) is 0 Å². The minimum absolute atomic E-state index is 0.210. The molecule has 0 aliphatic heterocycles. The summed E-state index contributed by atoms with van der Waals surface area (Å²) in [4.78, 5) is 11.4. The number of unbranched alkanes of at least 4 members (excludes halogenated alkanes) is 2. The van der Waals surface area contributed by atoms with Gasteiger partial charge in [-0.3, -0.25) is 4.79 Å². The van der Waals surface area contributed by atoms with Gasteiger partial charge in [-0.25, -0.2) is 0 Å². The van der Waals surface area contributed by atoms with E-state index in [1.165, 1.54) is 19.3 Å². The van der Waals surface area contributed by atoms with Crippen molar-refractivity contribution in [3.05, 3.63) is 0 Å². The maximum atomic E-state index is 11.4. The summed E-state index contributed by atoms with van der Waals surface area (Å²) in [5.41, 5.74) is 0. The van der Waals surface area contributed by atoms with Gasteiger partial charge in [0.05, 0.1) is 0 Å². The maximum absolute atomic E-state index is 11.4. The van der Waals surface area contributed by atoms with Gasteiger partial charge in [0.15, 0.2) is 0 Å². The lowest BCUT2D eigenvalue weighted by molar-refractivity contribution is -0.125. The lowest BCUT2D eigenvalue weighted by Crippen LogP contribution is -2.16. The Morgan fingerprint density at radius 3 is 1.93 bits per heavy atom. The number of ketones is 1. The van der Waals surface area contributed by atoms with E-state index in [4.69, 9.17) is 0 Å². The Morgan fingerprint density at radius 2 is 1.57 bits per heavy atom. The molecule has 86 valence electrons. The monoisotopic (exact) mass is 200 g/mol. The molecule has 1 unspecified atom stereocenters. The van der Waals surface area contributed by atoms with Gasteiger partial charge in [0.25, 0.3) is 0 Å². The molecule has 0 aromatic rings. The van der Waals surface area contributed by atoms with Crippen LogP contribution in [0, 0.1) is 11.8 Å². The van der Waals surface area contributed by atoms with Crippen molar-refractivity contribution in [2.75, 3.05) is 0 Å². The molecule has 0 fully saturated rings. The van der Waals surface area contributed by atoms with Crippen molar-refractivity contribution in [2.24, 2.45) is 11.8 Å². The Morgan fingerprint density at radius 1 is 1.07 bits per heavy atom. The molecule has 0 spiro atoms. The molecular weight excluding hydrogens is 172 g/mol. The Labute approximate surface area is 90.3 Å². The van der Waals surface area contributed by atoms with Crippen molar-refractivity contribution >= 4 is 5.78 Å². The molecule has 0 bridgehead atoms. The average Bonchev–Trinajstić information content (AvgIpc) is 2.19. The van der Waals surface area contributed by atoms with Crippen LogP contribution in [0.3, 0.4) is 0 Å². The second kappa shape index (κ2) is 10.7. The van der Waals surface area contributed by atoms with Crippen LogP contribution in [0.1, 0.15) is 67.2 Å². The van der Waals surface area contributed by atoms with Crippen LogP contribution in [0.15, 0.2) is 0 Å². The van der Waals surface area contributed by atoms with Crippen LogP contribution in [0.25, 0.3) is 0 Å². The van der Waals surface area contributed by atoms with E-state index < -0.39 is 0 Å². The van der Waals surface area contributed by atoms with E-state index in [2.05, 4.69) is 13.8 Å². The molecule has 0 amide bonds. The molecule has 0 aliphatic rings. The molecule has 1 atom stereocenters. The Balaban J connectivity index is 0. The summed E-state index contributed by atoms with van der Waals surface area (Å²) in [6, 6.07) is 0. The zero-order valence-corrected chi connectivity index (χ0v) is 10.9. The highest BCUT2D eigenvalue weighted by molar-refractivity contribution is 5.82. The van der Waals surface area contributed by atoms with Crippen molar-refractivity contribution in [1.82, 2.24) is 0 Å². The molecule has 0 saturated carbocycles. The first kappa shape index (κ1) is 16.1. The standard InChI is InChI=1S/C11H22O.C2H6/c1-5-6-7-8-10(4)11(12)9(2)3;1-2/h9-10H,5-8H2,1-4H3;1-2H3. The first-order chi connectivity index (χ1) is 6.59. The normalized spacial score (nSPS) is 11.9. The van der Waals surface area contributed by atoms with Gasteiger partial charge >= 0.3 is 0 Å². The molecule has 0 saturated heterocycles. The van der Waals surface area contributed by atoms with E-state index >= 15 is 0 Å². The number of hydrogen-bond donors (Lipinski definition) is 0. The van der Waals surface area contributed by atoms with Crippen LogP contribution in [0.4, 0.5) is 0 Å². The predicted molar refractivity (Wildman–Crippen MR) is 64.5 cm³/mol. The largest absolute Gasteiger partial charge is 0.299 e. The van der Waals surface area contributed by atoms with Crippen molar-refractivity contribution in [3.8, 4) is 0 Å². The van der Waals surface area contributed by atoms with Crippen LogP contribution in [-0.2, 0) is 4.79 Å². The number of carbonyl (C=O) groups is 1. The van der Waals surface area contributed by atoms with E-state index in [1.807, 2.05) is 27.7 Å². The van der Waals surface area contributed by atoms with Crippen molar-refractivity contribution < 1.29 is 4.79 Å². The van der Waals surface area contributed by atoms with E-state index in [9.17, 15) is 4.79 Å². The lowest BCUT2D eigenvalue weighted by Gasteiger charge is -2.11. The molecule has 0 radical (unpaired) electrons. The summed E-state index contributed by atoms with van der Waals surface area (Å²) in [5.74, 6) is 0.907. The fraction of sp³-hybridized carbons (Fsp3) is 0.923. The fourth-order valence-corrected chi connectivity index (χ4v) is 1.41. The van der Waals surface area contributed by atoms with Gasteiger partial charge in [0.1, 0.15) is 5.78 Å². The Bertz CT molecular complexity index is 127. The molecule has 0 rings (SSSR count). The van der Waals surface area contributed by atoms with E-state index in [0.29, 0.717) is 5.78 Å². The second-order valence-corrected chi connectivity index (χ2v) is 3.95. The third kappa shape index (κ3) is 8.28. The summed E-state index contributed by atoms with van der Waals surface area (Å²) in [5, 5.41) is 0. The van der Waals surface area contributed by atoms with Crippen molar-refractivity contribution in [3.63, 3.8) is 0 Å². The summed E-state index contributed by atoms with van der Waals surface area (Å²) in [6.07, 6.45) is 4.78. The summed E-state index contributed by atoms with van der Waals surface area (Å²) in [7, 11) is 0. The van der Waals surface area contributed by atoms with Gasteiger partial charge in [-0.15, -0.1) is 0 Å². The summed E-state index contributed by atoms with van der Waals surface area (Å²) >= 11 is 0. The Hall–Kier alpha value is -0.330. The smallest absolute Gasteiger partial charge is 0.138 e. The first-order valence-electron chi connectivity index (χ1n) is 6.13. The van der Waals surface area contributed by atoms with Gasteiger partial charge in [-0.05, 0) is 6.42 Å². The number of Topliss-reactive ketones (excluding diaryl/α,β-unsaturated/α-hetero) is 1. The van der Waals surface area contributed by atoms with Crippen LogP contribution in [0.2, 0.25) is 0 Å². The SMILES string of the molecule is CC.CCCCCC(C)C(=O)C(C)C. The summed E-state index contributed by atoms with van der Waals surface area (Å²) in [6.45, 7) is 12.2. The highest BCUT2D eigenvalue weighted by atomic mass is 16.1. The predicted octanol–water partition coefficient (Wildman–Crippen LogP) is 4.45. The van der Waals surface area contributed by atoms with Crippen molar-refractivity contribution in [2.45, 2.75) is 67.2 Å². The average molecular weight is 200 g/mol. The minimum atomic E-state index is 0.210. The molecule has 0 N–H and O–H groups in total. The number of rotatable bonds is 6. The van der Waals surface area contributed by atoms with Crippen LogP contribution in [0.5, 0.6) is 0 Å². The highest BCUT2D eigenvalue weighted by Crippen LogP contribution is 2.14. The molecule has 1 heteroatoms. The highest BCUT2D eigenvalue weighted by Gasteiger charge is 2.15. The molecular formula is C13H28O. The second-order valence-electron chi connectivity index (χ2n) is 3.95. The van der Waals surface area contributed by atoms with Crippen LogP contribution < -0.4 is 0 Å². The quantitative estimate of drug-likeness (QED) is 0.579. The Kier molecular flexibility index (Phi) is 12.4. The molecule has 14 heavy (non-hydrogen) atoms. The number of carbonyl (C=O) groups excluding carboxylic acids is 1. The topological polar surface area (TPSA) is 17.1 Å². The van der Waals surface area contributed by atoms with E-state index in [0.717, 1.165) is 6.42 Å². The van der Waals surface area contributed by atoms with Gasteiger partial charge in [-0.2, -0.15) is 0 Å². The van der Waals surface area contributed by atoms with Crippen LogP contribution in [-0.4, -0.2) is 5.78 Å². The van der Waals surface area contributed by atoms with Crippen molar-refractivity contribution in [1.29, 1.82) is 0 Å². The van der Waals surface area contributed by atoms with Crippen LogP contribution >= 0.6 is 0 Å². The third-order valence-electron chi connectivity index (χ3n) is 2.30. The van der Waals surface area contributed by atoms with E-state index in [-0.39, 0.29) is 11.8 Å². The number of hydrogen-bond acceptors (Lipinski definition) is 1. The first-order valence-corrected chi connectivity index (χ1v) is 6.13. The minimum Gasteiger partial charge on any atom is -0.299 e. The van der Waals surface area contributed by atoms with Gasteiger partial charge in [0.2, 0.25) is 0 Å². The molecule has 1 nitrogen and oxygen atoms in total. The lowest BCUT2D eigenvalue weighted by atomic mass is 9.92. The molecule has 0 heterocycles. The molecule has 0 aromatic carbocycles. The zero-order chi connectivity index (χ0) is 11.6. The van der Waals surface area contributed by atoms with Gasteiger partial charge in [-0.1, -0.05) is 60.8 Å². The fourth-order valence-electron chi connectivity index (χ4n) is 1.41. The summed E-state index contributed by atoms with van der Waals surface area (Å²) < 4.78 is 0. The molecule has 0 aromatic heterocycles. The third-order valence-corrected chi connectivity index (χ3v) is 2.30. The zero-order valence-electron chi connectivity index (χ0n) is 10.9.